The van der Waals surface area contributed by atoms with Gasteiger partial charge in [-0.15, -0.1) is 0 Å². The Balaban J connectivity index is 2.10. The Morgan fingerprint density at radius 3 is 2.80 bits per heavy atom. The van der Waals surface area contributed by atoms with Crippen LogP contribution in [-0.4, -0.2) is 19.5 Å². The van der Waals surface area contributed by atoms with Gasteiger partial charge in [-0.25, -0.2) is 4.39 Å². The SMILES string of the molecule is CNCCC(=O)NC(c1cccc(F)c1)C1CCCC1. The average molecular weight is 278 g/mol. The zero-order chi connectivity index (χ0) is 14.4. The van der Waals surface area contributed by atoms with Crippen molar-refractivity contribution in [3.63, 3.8) is 0 Å². The second kappa shape index (κ2) is 7.39. The van der Waals surface area contributed by atoms with Gasteiger partial charge in [0.15, 0.2) is 0 Å². The summed E-state index contributed by atoms with van der Waals surface area (Å²) >= 11 is 0. The molecule has 2 rings (SSSR count). The molecule has 0 aromatic heterocycles. The molecule has 0 radical (unpaired) electrons. The van der Waals surface area contributed by atoms with Crippen LogP contribution in [0.4, 0.5) is 4.39 Å². The molecule has 1 amide bonds. The van der Waals surface area contributed by atoms with Crippen molar-refractivity contribution in [2.24, 2.45) is 5.92 Å². The van der Waals surface area contributed by atoms with Crippen molar-refractivity contribution in [1.82, 2.24) is 10.6 Å². The lowest BCUT2D eigenvalue weighted by molar-refractivity contribution is -0.122. The third-order valence-corrected chi connectivity index (χ3v) is 4.00. The van der Waals surface area contributed by atoms with Crippen molar-refractivity contribution < 1.29 is 9.18 Å². The topological polar surface area (TPSA) is 41.1 Å². The van der Waals surface area contributed by atoms with E-state index in [4.69, 9.17) is 0 Å². The Bertz CT molecular complexity index is 444. The molecule has 0 aliphatic heterocycles. The van der Waals surface area contributed by atoms with Gasteiger partial charge in [-0.1, -0.05) is 25.0 Å². The zero-order valence-corrected chi connectivity index (χ0v) is 12.0. The lowest BCUT2D eigenvalue weighted by Gasteiger charge is -2.25. The second-order valence-electron chi connectivity index (χ2n) is 5.50. The van der Waals surface area contributed by atoms with Gasteiger partial charge in [0.05, 0.1) is 6.04 Å². The van der Waals surface area contributed by atoms with E-state index in [1.807, 2.05) is 13.1 Å². The van der Waals surface area contributed by atoms with Crippen LogP contribution in [0.3, 0.4) is 0 Å². The number of rotatable bonds is 6. The highest BCUT2D eigenvalue weighted by molar-refractivity contribution is 5.76. The first-order chi connectivity index (χ1) is 9.70. The lowest BCUT2D eigenvalue weighted by atomic mass is 9.91. The summed E-state index contributed by atoms with van der Waals surface area (Å²) in [6.07, 6.45) is 5.06. The smallest absolute Gasteiger partial charge is 0.221 e. The number of hydrogen-bond acceptors (Lipinski definition) is 2. The Hall–Kier alpha value is -1.42. The summed E-state index contributed by atoms with van der Waals surface area (Å²) in [7, 11) is 1.83. The number of halogens is 1. The van der Waals surface area contributed by atoms with E-state index < -0.39 is 0 Å². The summed E-state index contributed by atoms with van der Waals surface area (Å²) in [5.41, 5.74) is 0.884. The molecule has 1 fully saturated rings. The first-order valence-electron chi connectivity index (χ1n) is 7.40. The van der Waals surface area contributed by atoms with Crippen molar-refractivity contribution in [2.75, 3.05) is 13.6 Å². The van der Waals surface area contributed by atoms with Gasteiger partial charge in [0.25, 0.3) is 0 Å². The van der Waals surface area contributed by atoms with Crippen LogP contribution >= 0.6 is 0 Å². The maximum Gasteiger partial charge on any atom is 0.221 e. The number of carbonyl (C=O) groups is 1. The van der Waals surface area contributed by atoms with E-state index in [-0.39, 0.29) is 17.8 Å². The zero-order valence-electron chi connectivity index (χ0n) is 12.0. The molecular formula is C16H23FN2O. The summed E-state index contributed by atoms with van der Waals surface area (Å²) in [5, 5.41) is 6.06. The van der Waals surface area contributed by atoms with Gasteiger partial charge in [0.1, 0.15) is 5.82 Å². The second-order valence-corrected chi connectivity index (χ2v) is 5.50. The van der Waals surface area contributed by atoms with Crippen LogP contribution < -0.4 is 10.6 Å². The summed E-state index contributed by atoms with van der Waals surface area (Å²) < 4.78 is 13.4. The van der Waals surface area contributed by atoms with Crippen LogP contribution in [0.15, 0.2) is 24.3 Å². The number of amides is 1. The predicted molar refractivity (Wildman–Crippen MR) is 77.8 cm³/mol. The molecule has 2 N–H and O–H groups in total. The molecule has 1 saturated carbocycles. The molecule has 3 nitrogen and oxygen atoms in total. The largest absolute Gasteiger partial charge is 0.349 e. The van der Waals surface area contributed by atoms with Crippen LogP contribution in [0.25, 0.3) is 0 Å². The van der Waals surface area contributed by atoms with Crippen LogP contribution in [0.1, 0.15) is 43.7 Å². The van der Waals surface area contributed by atoms with Crippen molar-refractivity contribution in [3.8, 4) is 0 Å². The maximum atomic E-state index is 13.4. The molecule has 1 aliphatic rings. The minimum atomic E-state index is -0.241. The standard InChI is InChI=1S/C16H23FN2O/c1-18-10-9-15(20)19-16(12-5-2-3-6-12)13-7-4-8-14(17)11-13/h4,7-8,11-12,16,18H,2-3,5-6,9-10H2,1H3,(H,19,20). The van der Waals surface area contributed by atoms with Gasteiger partial charge in [0.2, 0.25) is 5.91 Å². The summed E-state index contributed by atoms with van der Waals surface area (Å²) in [6, 6.07) is 6.55. The minimum absolute atomic E-state index is 0.0283. The van der Waals surface area contributed by atoms with Crippen LogP contribution in [0, 0.1) is 11.7 Å². The monoisotopic (exact) mass is 278 g/mol. The molecular weight excluding hydrogens is 255 g/mol. The number of nitrogens with one attached hydrogen (secondary N) is 2. The molecule has 1 atom stereocenters. The highest BCUT2D eigenvalue weighted by Gasteiger charge is 2.27. The van der Waals surface area contributed by atoms with Crippen molar-refractivity contribution in [1.29, 1.82) is 0 Å². The quantitative estimate of drug-likeness (QED) is 0.840. The number of benzene rings is 1. The Labute approximate surface area is 120 Å². The van der Waals surface area contributed by atoms with E-state index in [9.17, 15) is 9.18 Å². The molecule has 4 heteroatoms. The first kappa shape index (κ1) is 15.0. The molecule has 0 bridgehead atoms. The molecule has 1 unspecified atom stereocenters. The van der Waals surface area contributed by atoms with Crippen molar-refractivity contribution >= 4 is 5.91 Å². The van der Waals surface area contributed by atoms with E-state index in [1.165, 1.54) is 18.9 Å². The van der Waals surface area contributed by atoms with Crippen LogP contribution in [-0.2, 0) is 4.79 Å². The Kier molecular flexibility index (Phi) is 5.53. The minimum Gasteiger partial charge on any atom is -0.349 e. The fourth-order valence-corrected chi connectivity index (χ4v) is 2.95. The predicted octanol–water partition coefficient (Wildman–Crippen LogP) is 2.78. The van der Waals surface area contributed by atoms with Gasteiger partial charge >= 0.3 is 0 Å². The van der Waals surface area contributed by atoms with Crippen molar-refractivity contribution in [3.05, 3.63) is 35.6 Å². The van der Waals surface area contributed by atoms with Gasteiger partial charge in [0, 0.05) is 13.0 Å². The molecule has 1 aromatic rings. The fourth-order valence-electron chi connectivity index (χ4n) is 2.95. The van der Waals surface area contributed by atoms with E-state index in [0.717, 1.165) is 18.4 Å². The molecule has 20 heavy (non-hydrogen) atoms. The summed E-state index contributed by atoms with van der Waals surface area (Å²) in [6.45, 7) is 0.659. The summed E-state index contributed by atoms with van der Waals surface area (Å²) in [4.78, 5) is 12.0. The third kappa shape index (κ3) is 4.04. The maximum absolute atomic E-state index is 13.4. The van der Waals surface area contributed by atoms with Crippen molar-refractivity contribution in [2.45, 2.75) is 38.1 Å². The molecule has 1 aromatic carbocycles. The Morgan fingerprint density at radius 2 is 2.15 bits per heavy atom. The van der Waals surface area contributed by atoms with Crippen LogP contribution in [0.5, 0.6) is 0 Å². The van der Waals surface area contributed by atoms with Crippen LogP contribution in [0.2, 0.25) is 0 Å². The summed E-state index contributed by atoms with van der Waals surface area (Å²) in [5.74, 6) is 0.214. The van der Waals surface area contributed by atoms with Gasteiger partial charge in [-0.3, -0.25) is 4.79 Å². The third-order valence-electron chi connectivity index (χ3n) is 4.00. The fraction of sp³-hybridized carbons (Fsp3) is 0.562. The Morgan fingerprint density at radius 1 is 1.40 bits per heavy atom. The van der Waals surface area contributed by atoms with E-state index in [2.05, 4.69) is 10.6 Å². The highest BCUT2D eigenvalue weighted by Crippen LogP contribution is 2.35. The molecule has 110 valence electrons. The van der Waals surface area contributed by atoms with E-state index in [0.29, 0.717) is 18.9 Å². The average Bonchev–Trinajstić information content (AvgIpc) is 2.96. The van der Waals surface area contributed by atoms with Gasteiger partial charge in [-0.05, 0) is 43.5 Å². The highest BCUT2D eigenvalue weighted by atomic mass is 19.1. The molecule has 0 spiro atoms. The van der Waals surface area contributed by atoms with Gasteiger partial charge in [-0.2, -0.15) is 0 Å². The van der Waals surface area contributed by atoms with Gasteiger partial charge < -0.3 is 10.6 Å². The lowest BCUT2D eigenvalue weighted by Crippen LogP contribution is -2.34. The van der Waals surface area contributed by atoms with E-state index in [1.54, 1.807) is 12.1 Å². The molecule has 0 saturated heterocycles. The molecule has 1 aliphatic carbocycles. The normalized spacial score (nSPS) is 17.1. The number of hydrogen-bond donors (Lipinski definition) is 2. The van der Waals surface area contributed by atoms with E-state index >= 15 is 0 Å². The number of carbonyl (C=O) groups excluding carboxylic acids is 1. The first-order valence-corrected chi connectivity index (χ1v) is 7.40. The molecule has 0 heterocycles.